The number of ether oxygens (including phenoxy) is 1. The predicted octanol–water partition coefficient (Wildman–Crippen LogP) is 3.47. The Bertz CT molecular complexity index is 1730. The van der Waals surface area contributed by atoms with Crippen LogP contribution in [0.3, 0.4) is 0 Å². The highest BCUT2D eigenvalue weighted by Gasteiger charge is 2.60. The van der Waals surface area contributed by atoms with E-state index < -0.39 is 24.2 Å². The van der Waals surface area contributed by atoms with Crippen LogP contribution in [0.25, 0.3) is 43.6 Å². The highest BCUT2D eigenvalue weighted by Crippen LogP contribution is 2.57. The zero-order valence-electron chi connectivity index (χ0n) is 17.9. The van der Waals surface area contributed by atoms with Gasteiger partial charge in [-0.3, -0.25) is 4.79 Å². The minimum atomic E-state index is -1.48. The van der Waals surface area contributed by atoms with Crippen LogP contribution in [0.4, 0.5) is 0 Å². The molecule has 1 saturated heterocycles. The van der Waals surface area contributed by atoms with Crippen molar-refractivity contribution in [3.63, 3.8) is 0 Å². The van der Waals surface area contributed by atoms with Gasteiger partial charge in [-0.15, -0.1) is 0 Å². The summed E-state index contributed by atoms with van der Waals surface area (Å²) in [6.07, 6.45) is -0.247. The number of rotatable bonds is 1. The number of amides is 1. The maximum atomic E-state index is 13.2. The average Bonchev–Trinajstić information content (AvgIpc) is 3.51. The molecule has 1 amide bonds. The van der Waals surface area contributed by atoms with Crippen LogP contribution >= 0.6 is 0 Å². The standard InChI is InChI=1S/C26H21N3O4/c1-25-26(32,12-30)10-18(33-25)28-16-8-4-2-6-13(16)20-21-15(11-27-24(21)31)19-14-7-3-5-9-17(14)29(25)23(19)22(20)28/h2-9,18,30,32H,10-12H2,1H3,(H,27,31)/t18?,25-,26-/m1/s1. The average molecular weight is 439 g/mol. The number of para-hydroxylation sites is 2. The fourth-order valence-electron chi connectivity index (χ4n) is 6.73. The second-order valence-corrected chi connectivity index (χ2v) is 9.67. The molecule has 5 aromatic rings. The largest absolute Gasteiger partial charge is 0.393 e. The van der Waals surface area contributed by atoms with Crippen LogP contribution in [0.15, 0.2) is 48.5 Å². The fourth-order valence-corrected chi connectivity index (χ4v) is 6.73. The van der Waals surface area contributed by atoms with Crippen LogP contribution in [0.2, 0.25) is 0 Å². The van der Waals surface area contributed by atoms with Gasteiger partial charge >= 0.3 is 0 Å². The molecule has 2 bridgehead atoms. The minimum Gasteiger partial charge on any atom is -0.393 e. The predicted molar refractivity (Wildman–Crippen MR) is 124 cm³/mol. The fraction of sp³-hybridized carbons (Fsp3) is 0.269. The molecule has 7 nitrogen and oxygen atoms in total. The second-order valence-electron chi connectivity index (χ2n) is 9.67. The maximum absolute atomic E-state index is 13.2. The molecular formula is C26H21N3O4. The molecule has 3 N–H and O–H groups in total. The molecule has 3 aromatic carbocycles. The Balaban J connectivity index is 1.78. The molecule has 3 aliphatic heterocycles. The van der Waals surface area contributed by atoms with Gasteiger partial charge in [0.1, 0.15) is 11.8 Å². The third-order valence-corrected chi connectivity index (χ3v) is 8.23. The SMILES string of the molecule is C[C@@]12OC(C[C@@]1(O)CO)n1c3ccccc3c3c4c(c5c6ccccc6n2c5c31)CNC4=O. The van der Waals surface area contributed by atoms with Gasteiger partial charge < -0.3 is 29.4 Å². The van der Waals surface area contributed by atoms with Gasteiger partial charge in [0, 0.05) is 34.5 Å². The van der Waals surface area contributed by atoms with Crippen molar-refractivity contribution in [3.05, 3.63) is 59.7 Å². The lowest BCUT2D eigenvalue weighted by Crippen LogP contribution is -2.53. The number of aromatic nitrogens is 2. The van der Waals surface area contributed by atoms with Crippen LogP contribution in [0.5, 0.6) is 0 Å². The molecule has 1 fully saturated rings. The third kappa shape index (κ3) is 1.75. The summed E-state index contributed by atoms with van der Waals surface area (Å²) in [5.41, 5.74) is 2.80. The third-order valence-electron chi connectivity index (χ3n) is 8.23. The van der Waals surface area contributed by atoms with Gasteiger partial charge in [-0.2, -0.15) is 0 Å². The number of nitrogens with one attached hydrogen (secondary N) is 1. The molecule has 3 aliphatic rings. The summed E-state index contributed by atoms with van der Waals surface area (Å²) in [5, 5.41) is 29.1. The normalized spacial score (nSPS) is 27.8. The Morgan fingerprint density at radius 1 is 1.06 bits per heavy atom. The minimum absolute atomic E-state index is 0.0555. The van der Waals surface area contributed by atoms with Crippen molar-refractivity contribution in [2.45, 2.75) is 37.4 Å². The Labute approximate surface area is 187 Å². The van der Waals surface area contributed by atoms with E-state index in [1.807, 2.05) is 49.4 Å². The molecule has 0 saturated carbocycles. The molecule has 7 heteroatoms. The summed E-state index contributed by atoms with van der Waals surface area (Å²) in [4.78, 5) is 13.2. The van der Waals surface area contributed by atoms with Gasteiger partial charge in [-0.05, 0) is 24.6 Å². The summed E-state index contributed by atoms with van der Waals surface area (Å²) in [6, 6.07) is 16.1. The lowest BCUT2D eigenvalue weighted by molar-refractivity contribution is -0.189. The number of fused-ring (bicyclic) bond motifs is 13. The first-order valence-electron chi connectivity index (χ1n) is 11.3. The number of benzene rings is 3. The first-order valence-corrected chi connectivity index (χ1v) is 11.3. The number of hydrogen-bond donors (Lipinski definition) is 3. The summed E-state index contributed by atoms with van der Waals surface area (Å²) < 4.78 is 10.9. The van der Waals surface area contributed by atoms with E-state index in [1.165, 1.54) is 0 Å². The molecule has 0 radical (unpaired) electrons. The number of carbonyl (C=O) groups excluding carboxylic acids is 1. The summed E-state index contributed by atoms with van der Waals surface area (Å²) in [5.74, 6) is -0.0555. The monoisotopic (exact) mass is 439 g/mol. The highest BCUT2D eigenvalue weighted by molar-refractivity contribution is 6.31. The quantitative estimate of drug-likeness (QED) is 0.373. The van der Waals surface area contributed by atoms with Gasteiger partial charge in [0.05, 0.1) is 34.2 Å². The van der Waals surface area contributed by atoms with Crippen molar-refractivity contribution in [2.75, 3.05) is 6.61 Å². The van der Waals surface area contributed by atoms with Crippen LogP contribution in [-0.4, -0.2) is 37.5 Å². The van der Waals surface area contributed by atoms with E-state index in [4.69, 9.17) is 4.74 Å². The molecule has 0 spiro atoms. The van der Waals surface area contributed by atoms with Crippen molar-refractivity contribution in [2.24, 2.45) is 0 Å². The summed E-state index contributed by atoms with van der Waals surface area (Å²) in [7, 11) is 0. The van der Waals surface area contributed by atoms with Crippen LogP contribution < -0.4 is 5.32 Å². The van der Waals surface area contributed by atoms with Crippen molar-refractivity contribution in [1.82, 2.24) is 14.5 Å². The molecular weight excluding hydrogens is 418 g/mol. The van der Waals surface area contributed by atoms with E-state index in [2.05, 4.69) is 20.5 Å². The number of hydrogen-bond acceptors (Lipinski definition) is 4. The number of nitrogens with zero attached hydrogens (tertiary/aromatic N) is 2. The van der Waals surface area contributed by atoms with Crippen LogP contribution in [0, 0.1) is 0 Å². The highest BCUT2D eigenvalue weighted by atomic mass is 16.6. The number of aliphatic hydroxyl groups is 2. The van der Waals surface area contributed by atoms with Crippen LogP contribution in [0.1, 0.15) is 35.5 Å². The van der Waals surface area contributed by atoms with Gasteiger partial charge in [-0.25, -0.2) is 0 Å². The molecule has 2 aromatic heterocycles. The lowest BCUT2D eigenvalue weighted by Gasteiger charge is -2.38. The van der Waals surface area contributed by atoms with Crippen LogP contribution in [-0.2, 0) is 17.0 Å². The van der Waals surface area contributed by atoms with Crippen molar-refractivity contribution >= 4 is 49.5 Å². The van der Waals surface area contributed by atoms with Gasteiger partial charge in [-0.1, -0.05) is 36.4 Å². The van der Waals surface area contributed by atoms with Crippen molar-refractivity contribution in [1.29, 1.82) is 0 Å². The molecule has 0 aliphatic carbocycles. The molecule has 164 valence electrons. The Morgan fingerprint density at radius 3 is 2.52 bits per heavy atom. The zero-order chi connectivity index (χ0) is 22.3. The number of carbonyl (C=O) groups is 1. The van der Waals surface area contributed by atoms with E-state index in [9.17, 15) is 15.0 Å². The Morgan fingerprint density at radius 2 is 1.76 bits per heavy atom. The molecule has 3 atom stereocenters. The van der Waals surface area contributed by atoms with E-state index in [-0.39, 0.29) is 12.3 Å². The van der Waals surface area contributed by atoms with Gasteiger partial charge in [0.15, 0.2) is 5.72 Å². The smallest absolute Gasteiger partial charge is 0.252 e. The number of aliphatic hydroxyl groups excluding tert-OH is 1. The first kappa shape index (κ1) is 18.1. The molecule has 1 unspecified atom stereocenters. The second kappa shape index (κ2) is 5.39. The van der Waals surface area contributed by atoms with E-state index in [0.29, 0.717) is 6.54 Å². The zero-order valence-corrected chi connectivity index (χ0v) is 17.9. The lowest BCUT2D eigenvalue weighted by atomic mass is 9.89. The van der Waals surface area contributed by atoms with Crippen molar-refractivity contribution in [3.8, 4) is 0 Å². The van der Waals surface area contributed by atoms with E-state index in [0.717, 1.165) is 54.7 Å². The first-order chi connectivity index (χ1) is 16.0. The summed E-state index contributed by atoms with van der Waals surface area (Å²) >= 11 is 0. The van der Waals surface area contributed by atoms with E-state index in [1.54, 1.807) is 0 Å². The Kier molecular flexibility index (Phi) is 2.95. The topological polar surface area (TPSA) is 88.7 Å². The molecule has 33 heavy (non-hydrogen) atoms. The molecule has 5 heterocycles. The van der Waals surface area contributed by atoms with E-state index >= 15 is 0 Å². The van der Waals surface area contributed by atoms with Gasteiger partial charge in [0.2, 0.25) is 0 Å². The maximum Gasteiger partial charge on any atom is 0.252 e. The summed E-state index contributed by atoms with van der Waals surface area (Å²) in [6.45, 7) is 1.91. The molecule has 8 rings (SSSR count). The Hall–Kier alpha value is -3.39. The van der Waals surface area contributed by atoms with Gasteiger partial charge in [0.25, 0.3) is 5.91 Å². The van der Waals surface area contributed by atoms with Crippen molar-refractivity contribution < 1.29 is 19.7 Å².